The first kappa shape index (κ1) is 14.4. The number of nitrogens with zero attached hydrogens (tertiary/aromatic N) is 1. The number of halogens is 1. The Balaban J connectivity index is 3.26. The fraction of sp³-hybridized carbons (Fsp3) is 0.364. The molecule has 1 aromatic rings. The molecule has 1 rings (SSSR count). The second kappa shape index (κ2) is 5.34. The molecule has 0 aliphatic heterocycles. The van der Waals surface area contributed by atoms with Crippen LogP contribution in [0.2, 0.25) is 0 Å². The first-order valence-electron chi connectivity index (χ1n) is 5.36. The highest BCUT2D eigenvalue weighted by Crippen LogP contribution is 2.21. The number of carboxylic acid groups (broad SMARTS) is 1. The van der Waals surface area contributed by atoms with Crippen molar-refractivity contribution in [1.29, 1.82) is 0 Å². The van der Waals surface area contributed by atoms with E-state index in [2.05, 4.69) is 0 Å². The summed E-state index contributed by atoms with van der Waals surface area (Å²) < 4.78 is 38.0. The normalized spacial score (nSPS) is 11.3. The lowest BCUT2D eigenvalue weighted by Gasteiger charge is -2.22. The van der Waals surface area contributed by atoms with Crippen molar-refractivity contribution in [2.45, 2.75) is 13.8 Å². The Kier molecular flexibility index (Phi) is 4.28. The maximum atomic E-state index is 13.5. The topological polar surface area (TPSA) is 74.7 Å². The van der Waals surface area contributed by atoms with Crippen molar-refractivity contribution < 1.29 is 22.7 Å². The summed E-state index contributed by atoms with van der Waals surface area (Å²) in [5, 5.41) is 8.69. The Hall–Kier alpha value is -1.63. The van der Waals surface area contributed by atoms with Crippen LogP contribution in [0.15, 0.2) is 18.2 Å². The van der Waals surface area contributed by atoms with E-state index in [0.29, 0.717) is 0 Å². The zero-order chi connectivity index (χ0) is 13.9. The molecule has 18 heavy (non-hydrogen) atoms. The van der Waals surface area contributed by atoms with Gasteiger partial charge in [0.05, 0.1) is 17.0 Å². The van der Waals surface area contributed by atoms with Gasteiger partial charge in [0.25, 0.3) is 0 Å². The molecule has 0 unspecified atom stereocenters. The summed E-state index contributed by atoms with van der Waals surface area (Å²) in [5.41, 5.74) is -0.356. The van der Waals surface area contributed by atoms with Crippen molar-refractivity contribution in [3.8, 4) is 0 Å². The lowest BCUT2D eigenvalue weighted by molar-refractivity contribution is 0.0692. The molecule has 0 atom stereocenters. The Labute approximate surface area is 105 Å². The molecular weight excluding hydrogens is 261 g/mol. The quantitative estimate of drug-likeness (QED) is 0.887. The Morgan fingerprint density at radius 3 is 2.39 bits per heavy atom. The van der Waals surface area contributed by atoms with Crippen molar-refractivity contribution >= 4 is 21.7 Å². The molecule has 7 heteroatoms. The summed E-state index contributed by atoms with van der Waals surface area (Å²) in [6, 6.07) is 3.25. The fourth-order valence-corrected chi connectivity index (χ4v) is 2.67. The van der Waals surface area contributed by atoms with Crippen molar-refractivity contribution in [1.82, 2.24) is 0 Å². The van der Waals surface area contributed by atoms with E-state index in [9.17, 15) is 17.6 Å². The van der Waals surface area contributed by atoms with Crippen molar-refractivity contribution in [2.24, 2.45) is 0 Å². The summed E-state index contributed by atoms with van der Waals surface area (Å²) in [5.74, 6) is -2.45. The van der Waals surface area contributed by atoms with Gasteiger partial charge in [0, 0.05) is 6.54 Å². The Morgan fingerprint density at radius 2 is 2.00 bits per heavy atom. The van der Waals surface area contributed by atoms with Crippen LogP contribution in [0.25, 0.3) is 0 Å². The smallest absolute Gasteiger partial charge is 0.338 e. The Morgan fingerprint density at radius 1 is 1.39 bits per heavy atom. The minimum atomic E-state index is -3.49. The van der Waals surface area contributed by atoms with Gasteiger partial charge in [0.15, 0.2) is 0 Å². The third-order valence-corrected chi connectivity index (χ3v) is 4.33. The summed E-state index contributed by atoms with van der Waals surface area (Å²) >= 11 is 0. The number of carboxylic acids is 1. The third-order valence-electron chi connectivity index (χ3n) is 2.46. The molecule has 0 heterocycles. The van der Waals surface area contributed by atoms with Crippen LogP contribution in [0, 0.1) is 5.82 Å². The largest absolute Gasteiger partial charge is 0.478 e. The maximum Gasteiger partial charge on any atom is 0.338 e. The first-order chi connectivity index (χ1) is 8.33. The predicted octanol–water partition coefficient (Wildman–Crippen LogP) is 1.70. The van der Waals surface area contributed by atoms with E-state index < -0.39 is 27.4 Å². The highest BCUT2D eigenvalue weighted by atomic mass is 32.2. The lowest BCUT2D eigenvalue weighted by atomic mass is 10.2. The number of benzene rings is 1. The zero-order valence-corrected chi connectivity index (χ0v) is 10.9. The summed E-state index contributed by atoms with van der Waals surface area (Å²) in [6.45, 7) is 3.26. The molecule has 100 valence electrons. The minimum Gasteiger partial charge on any atom is -0.478 e. The van der Waals surface area contributed by atoms with Crippen LogP contribution in [-0.2, 0) is 10.0 Å². The number of hydrogen-bond donors (Lipinski definition) is 1. The van der Waals surface area contributed by atoms with Gasteiger partial charge in [-0.2, -0.15) is 0 Å². The number of sulfonamides is 1. The van der Waals surface area contributed by atoms with Gasteiger partial charge in [-0.15, -0.1) is 0 Å². The van der Waals surface area contributed by atoms with Gasteiger partial charge in [0.2, 0.25) is 10.0 Å². The highest BCUT2D eigenvalue weighted by Gasteiger charge is 2.20. The molecule has 5 nitrogen and oxygen atoms in total. The summed E-state index contributed by atoms with van der Waals surface area (Å²) in [6.07, 6.45) is 0. The van der Waals surface area contributed by atoms with E-state index in [1.54, 1.807) is 6.92 Å². The number of anilines is 1. The number of rotatable bonds is 5. The standard InChI is InChI=1S/C11H14FNO4S/c1-3-13(18(16,17)4-2)8-5-6-9(11(14)15)10(12)7-8/h5-7H,3-4H2,1-2H3,(H,14,15). The third kappa shape index (κ3) is 2.79. The van der Waals surface area contributed by atoms with Gasteiger partial charge in [0.1, 0.15) is 5.82 Å². The molecule has 0 saturated heterocycles. The number of carbonyl (C=O) groups is 1. The highest BCUT2D eigenvalue weighted by molar-refractivity contribution is 7.92. The monoisotopic (exact) mass is 275 g/mol. The van der Waals surface area contributed by atoms with Gasteiger partial charge < -0.3 is 5.11 Å². The molecule has 0 amide bonds. The lowest BCUT2D eigenvalue weighted by Crippen LogP contribution is -2.32. The summed E-state index contributed by atoms with van der Waals surface area (Å²) in [7, 11) is -3.49. The van der Waals surface area contributed by atoms with E-state index in [0.717, 1.165) is 16.4 Å². The van der Waals surface area contributed by atoms with Crippen LogP contribution in [0.1, 0.15) is 24.2 Å². The zero-order valence-electron chi connectivity index (χ0n) is 10.1. The second-order valence-corrected chi connectivity index (χ2v) is 5.72. The van der Waals surface area contributed by atoms with Crippen LogP contribution in [0.5, 0.6) is 0 Å². The average molecular weight is 275 g/mol. The van der Waals surface area contributed by atoms with Crippen molar-refractivity contribution in [3.05, 3.63) is 29.6 Å². The second-order valence-electron chi connectivity index (χ2n) is 3.53. The summed E-state index contributed by atoms with van der Waals surface area (Å²) in [4.78, 5) is 10.7. The van der Waals surface area contributed by atoms with Gasteiger partial charge in [-0.05, 0) is 32.0 Å². The van der Waals surface area contributed by atoms with E-state index in [1.165, 1.54) is 13.0 Å². The van der Waals surface area contributed by atoms with Crippen LogP contribution in [0.3, 0.4) is 0 Å². The molecule has 0 saturated carbocycles. The number of hydrogen-bond acceptors (Lipinski definition) is 3. The molecule has 0 spiro atoms. The SMILES string of the molecule is CCN(c1ccc(C(=O)O)c(F)c1)S(=O)(=O)CC. The average Bonchev–Trinajstić information content (AvgIpc) is 2.29. The molecule has 0 radical (unpaired) electrons. The predicted molar refractivity (Wildman–Crippen MR) is 65.8 cm³/mol. The Bertz CT molecular complexity index is 556. The molecule has 1 N–H and O–H groups in total. The van der Waals surface area contributed by atoms with E-state index >= 15 is 0 Å². The van der Waals surface area contributed by atoms with E-state index in [1.807, 2.05) is 0 Å². The van der Waals surface area contributed by atoms with Crippen molar-refractivity contribution in [3.63, 3.8) is 0 Å². The molecule has 1 aromatic carbocycles. The molecule has 0 fully saturated rings. The van der Waals surface area contributed by atoms with Crippen LogP contribution < -0.4 is 4.31 Å². The van der Waals surface area contributed by atoms with Gasteiger partial charge in [-0.1, -0.05) is 0 Å². The van der Waals surface area contributed by atoms with Gasteiger partial charge in [-0.25, -0.2) is 17.6 Å². The first-order valence-corrected chi connectivity index (χ1v) is 6.97. The molecular formula is C11H14FNO4S. The van der Waals surface area contributed by atoms with Crippen LogP contribution in [0.4, 0.5) is 10.1 Å². The van der Waals surface area contributed by atoms with E-state index in [-0.39, 0.29) is 18.0 Å². The van der Waals surface area contributed by atoms with Crippen molar-refractivity contribution in [2.75, 3.05) is 16.6 Å². The van der Waals surface area contributed by atoms with Gasteiger partial charge in [-0.3, -0.25) is 4.31 Å². The molecule has 0 bridgehead atoms. The minimum absolute atomic E-state index is 0.108. The van der Waals surface area contributed by atoms with Crippen LogP contribution >= 0.6 is 0 Å². The maximum absolute atomic E-state index is 13.5. The van der Waals surface area contributed by atoms with Gasteiger partial charge >= 0.3 is 5.97 Å². The fourth-order valence-electron chi connectivity index (χ4n) is 1.53. The number of aromatic carboxylic acids is 1. The molecule has 0 aliphatic rings. The molecule has 0 aromatic heterocycles. The van der Waals surface area contributed by atoms with Crippen LogP contribution in [-0.4, -0.2) is 31.8 Å². The molecule has 0 aliphatic carbocycles. The van der Waals surface area contributed by atoms with E-state index in [4.69, 9.17) is 5.11 Å².